The number of nitrogens with zero attached hydrogens (tertiary/aromatic N) is 2. The summed E-state index contributed by atoms with van der Waals surface area (Å²) in [6.07, 6.45) is 8.16. The number of carbonyl (C=O) groups is 1. The van der Waals surface area contributed by atoms with Crippen LogP contribution in [-0.4, -0.2) is 23.9 Å². The van der Waals surface area contributed by atoms with E-state index in [2.05, 4.69) is 46.4 Å². The molecule has 3 aromatic rings. The molecule has 1 aliphatic heterocycles. The fourth-order valence-electron chi connectivity index (χ4n) is 5.00. The van der Waals surface area contributed by atoms with Crippen molar-refractivity contribution in [2.75, 3.05) is 0 Å². The first kappa shape index (κ1) is 22.3. The van der Waals surface area contributed by atoms with Crippen LogP contribution in [0.1, 0.15) is 64.9 Å². The molecule has 0 amide bonds. The highest BCUT2D eigenvalue weighted by molar-refractivity contribution is 6.17. The van der Waals surface area contributed by atoms with E-state index in [1.54, 1.807) is 12.4 Å². The van der Waals surface area contributed by atoms with Gasteiger partial charge in [0.05, 0.1) is 0 Å². The van der Waals surface area contributed by atoms with Gasteiger partial charge < -0.3 is 4.74 Å². The number of aryl methyl sites for hydroxylation is 1. The molecule has 0 aromatic heterocycles. The minimum atomic E-state index is -0.533. The second-order valence-corrected chi connectivity index (χ2v) is 9.33. The zero-order valence-corrected chi connectivity index (χ0v) is 19.6. The quantitative estimate of drug-likeness (QED) is 0.400. The smallest absolute Gasteiger partial charge is 0.163 e. The number of aliphatic imine (C=N–C) groups is 2. The van der Waals surface area contributed by atoms with Crippen molar-refractivity contribution in [3.8, 4) is 5.75 Å². The van der Waals surface area contributed by atoms with Crippen molar-refractivity contribution in [2.24, 2.45) is 9.98 Å². The highest BCUT2D eigenvalue weighted by Gasteiger charge is 2.31. The molecule has 1 unspecified atom stereocenters. The summed E-state index contributed by atoms with van der Waals surface area (Å²) < 4.78 is 6.79. The van der Waals surface area contributed by atoms with Gasteiger partial charge in [0.1, 0.15) is 11.9 Å². The van der Waals surface area contributed by atoms with Crippen LogP contribution in [0.25, 0.3) is 0 Å². The van der Waals surface area contributed by atoms with Crippen LogP contribution in [-0.2, 0) is 19.3 Å². The van der Waals surface area contributed by atoms with E-state index < -0.39 is 5.66 Å². The van der Waals surface area contributed by atoms with Crippen LogP contribution < -0.4 is 4.74 Å². The monoisotopic (exact) mass is 450 g/mol. The Morgan fingerprint density at radius 3 is 2.32 bits per heavy atom. The molecule has 2 aliphatic rings. The fraction of sp³-hybridized carbons (Fsp3) is 0.300. The van der Waals surface area contributed by atoms with E-state index in [1.165, 1.54) is 16.7 Å². The van der Waals surface area contributed by atoms with E-state index in [1.807, 2.05) is 43.3 Å². The highest BCUT2D eigenvalue weighted by atomic mass is 16.5. The molecule has 0 bridgehead atoms. The SMILES string of the molecule is CC1(CC(Oc2ccc3c(c2CCc2ccccc2)CCCC3=O)c2ccccc2)N=CC=N1. The number of fused-ring (bicyclic) bond motifs is 1. The predicted octanol–water partition coefficient (Wildman–Crippen LogP) is 6.37. The van der Waals surface area contributed by atoms with Crippen molar-refractivity contribution in [1.82, 2.24) is 0 Å². The normalized spacial score (nSPS) is 16.9. The van der Waals surface area contributed by atoms with Crippen molar-refractivity contribution in [3.05, 3.63) is 101 Å². The topological polar surface area (TPSA) is 51.0 Å². The second kappa shape index (κ2) is 9.76. The van der Waals surface area contributed by atoms with E-state index in [0.29, 0.717) is 12.8 Å². The van der Waals surface area contributed by atoms with Crippen molar-refractivity contribution in [3.63, 3.8) is 0 Å². The molecule has 0 fully saturated rings. The Labute approximate surface area is 201 Å². The lowest BCUT2D eigenvalue weighted by atomic mass is 9.85. The maximum Gasteiger partial charge on any atom is 0.163 e. The van der Waals surface area contributed by atoms with Gasteiger partial charge >= 0.3 is 0 Å². The Kier molecular flexibility index (Phi) is 6.39. The number of rotatable bonds is 8. The average Bonchev–Trinajstić information content (AvgIpc) is 3.30. The van der Waals surface area contributed by atoms with E-state index in [0.717, 1.165) is 42.6 Å². The van der Waals surface area contributed by atoms with E-state index >= 15 is 0 Å². The van der Waals surface area contributed by atoms with Crippen LogP contribution in [0, 0.1) is 0 Å². The first-order valence-corrected chi connectivity index (χ1v) is 12.1. The Morgan fingerprint density at radius 1 is 0.882 bits per heavy atom. The molecule has 34 heavy (non-hydrogen) atoms. The van der Waals surface area contributed by atoms with Crippen LogP contribution in [0.5, 0.6) is 5.75 Å². The molecule has 0 spiro atoms. The number of Topliss-reactive ketones (excluding diaryl/α,β-unsaturated/α-hetero) is 1. The molecule has 0 saturated carbocycles. The lowest BCUT2D eigenvalue weighted by Crippen LogP contribution is -2.24. The maximum atomic E-state index is 12.7. The van der Waals surface area contributed by atoms with Crippen LogP contribution in [0.2, 0.25) is 0 Å². The third kappa shape index (κ3) is 4.86. The summed E-state index contributed by atoms with van der Waals surface area (Å²) in [5.74, 6) is 1.11. The molecule has 1 atom stereocenters. The van der Waals surface area contributed by atoms with E-state index in [-0.39, 0.29) is 11.9 Å². The summed E-state index contributed by atoms with van der Waals surface area (Å²) >= 11 is 0. The van der Waals surface area contributed by atoms with Crippen LogP contribution in [0.15, 0.2) is 82.8 Å². The van der Waals surface area contributed by atoms with Crippen LogP contribution in [0.4, 0.5) is 0 Å². The summed E-state index contributed by atoms with van der Waals surface area (Å²) in [6, 6.07) is 24.8. The molecule has 0 radical (unpaired) electrons. The standard InChI is InChI=1S/C30H30N2O2/c1-30(31-19-20-32-30)21-29(23-11-6-3-7-12-23)34-28-18-17-25-24(13-8-14-27(25)33)26(28)16-15-22-9-4-2-5-10-22/h2-7,9-12,17-20,29H,8,13-16,21H2,1H3. The highest BCUT2D eigenvalue weighted by Crippen LogP contribution is 2.38. The molecule has 4 nitrogen and oxygen atoms in total. The molecule has 172 valence electrons. The van der Waals surface area contributed by atoms with Gasteiger partial charge in [0.15, 0.2) is 11.4 Å². The van der Waals surface area contributed by atoms with Gasteiger partial charge in [-0.3, -0.25) is 14.8 Å². The summed E-state index contributed by atoms with van der Waals surface area (Å²) in [4.78, 5) is 21.8. The van der Waals surface area contributed by atoms with Crippen molar-refractivity contribution in [2.45, 2.75) is 57.2 Å². The summed E-state index contributed by atoms with van der Waals surface area (Å²) in [5.41, 5.74) is 5.06. The van der Waals surface area contributed by atoms with Gasteiger partial charge in [-0.2, -0.15) is 0 Å². The van der Waals surface area contributed by atoms with Crippen LogP contribution in [0.3, 0.4) is 0 Å². The van der Waals surface area contributed by atoms with Crippen molar-refractivity contribution >= 4 is 18.2 Å². The first-order valence-electron chi connectivity index (χ1n) is 12.1. The number of hydrogen-bond donors (Lipinski definition) is 0. The van der Waals surface area contributed by atoms with E-state index in [9.17, 15) is 4.79 Å². The average molecular weight is 451 g/mol. The third-order valence-electron chi connectivity index (χ3n) is 6.81. The van der Waals surface area contributed by atoms with Crippen molar-refractivity contribution < 1.29 is 9.53 Å². The Bertz CT molecular complexity index is 1200. The zero-order chi connectivity index (χ0) is 23.4. The predicted molar refractivity (Wildman–Crippen MR) is 137 cm³/mol. The summed E-state index contributed by atoms with van der Waals surface area (Å²) in [5, 5.41) is 0. The van der Waals surface area contributed by atoms with Gasteiger partial charge in [-0.15, -0.1) is 0 Å². The maximum absolute atomic E-state index is 12.7. The minimum absolute atomic E-state index is 0.202. The molecule has 1 aliphatic carbocycles. The molecule has 0 saturated heterocycles. The summed E-state index contributed by atoms with van der Waals surface area (Å²) in [7, 11) is 0. The number of carbonyl (C=O) groups excluding carboxylic acids is 1. The largest absolute Gasteiger partial charge is 0.485 e. The van der Waals surface area contributed by atoms with E-state index in [4.69, 9.17) is 4.74 Å². The van der Waals surface area contributed by atoms with Gasteiger partial charge in [-0.1, -0.05) is 60.7 Å². The number of hydrogen-bond acceptors (Lipinski definition) is 4. The Hall–Kier alpha value is -3.53. The molecule has 1 heterocycles. The minimum Gasteiger partial charge on any atom is -0.485 e. The number of ether oxygens (including phenoxy) is 1. The third-order valence-corrected chi connectivity index (χ3v) is 6.81. The zero-order valence-electron chi connectivity index (χ0n) is 19.6. The second-order valence-electron chi connectivity index (χ2n) is 9.33. The lowest BCUT2D eigenvalue weighted by molar-refractivity contribution is 0.0972. The summed E-state index contributed by atoms with van der Waals surface area (Å²) in [6.45, 7) is 2.04. The molecule has 3 aromatic carbocycles. The number of ketones is 1. The molecule has 4 heteroatoms. The van der Waals surface area contributed by atoms with Gasteiger partial charge in [0.2, 0.25) is 0 Å². The Balaban J connectivity index is 1.50. The van der Waals surface area contributed by atoms with Gasteiger partial charge in [0.25, 0.3) is 0 Å². The van der Waals surface area contributed by atoms with Crippen LogP contribution >= 0.6 is 0 Å². The fourth-order valence-corrected chi connectivity index (χ4v) is 5.00. The van der Waals surface area contributed by atoms with Gasteiger partial charge in [-0.25, -0.2) is 0 Å². The van der Waals surface area contributed by atoms with Gasteiger partial charge in [0, 0.05) is 30.8 Å². The number of benzene rings is 3. The van der Waals surface area contributed by atoms with Crippen molar-refractivity contribution in [1.29, 1.82) is 0 Å². The molecule has 0 N–H and O–H groups in total. The first-order chi connectivity index (χ1) is 16.6. The molecule has 5 rings (SSSR count). The van der Waals surface area contributed by atoms with Gasteiger partial charge in [-0.05, 0) is 67.0 Å². The molecular formula is C30H30N2O2. The Morgan fingerprint density at radius 2 is 1.59 bits per heavy atom. The molecular weight excluding hydrogens is 420 g/mol. The lowest BCUT2D eigenvalue weighted by Gasteiger charge is -2.28.